The lowest BCUT2D eigenvalue weighted by molar-refractivity contribution is -0.133. The molecule has 3 heteroatoms. The van der Waals surface area contributed by atoms with Gasteiger partial charge in [-0.05, 0) is 62.6 Å². The Morgan fingerprint density at radius 3 is 3.00 bits per heavy atom. The lowest BCUT2D eigenvalue weighted by atomic mass is 9.78. The van der Waals surface area contributed by atoms with Gasteiger partial charge in [0.2, 0.25) is 5.91 Å². The van der Waals surface area contributed by atoms with Crippen LogP contribution in [0.1, 0.15) is 43.7 Å². The Balaban J connectivity index is 1.56. The molecule has 1 aliphatic heterocycles. The van der Waals surface area contributed by atoms with Gasteiger partial charge in [-0.25, -0.2) is 0 Å². The van der Waals surface area contributed by atoms with Crippen molar-refractivity contribution < 1.29 is 4.79 Å². The van der Waals surface area contributed by atoms with E-state index in [2.05, 4.69) is 36.1 Å². The minimum atomic E-state index is 0.159. The highest BCUT2D eigenvalue weighted by Crippen LogP contribution is 2.61. The van der Waals surface area contributed by atoms with E-state index in [1.165, 1.54) is 30.4 Å². The number of carbonyl (C=O) groups excluding carboxylic acids is 1. The van der Waals surface area contributed by atoms with Crippen molar-refractivity contribution in [3.8, 4) is 0 Å². The Hall–Kier alpha value is -1.35. The highest BCUT2D eigenvalue weighted by atomic mass is 16.2. The van der Waals surface area contributed by atoms with Gasteiger partial charge in [0.05, 0.1) is 0 Å². The van der Waals surface area contributed by atoms with E-state index >= 15 is 0 Å². The third-order valence-electron chi connectivity index (χ3n) is 6.27. The number of nitrogens with zero attached hydrogens (tertiary/aromatic N) is 1. The van der Waals surface area contributed by atoms with Crippen LogP contribution >= 0.6 is 0 Å². The first-order valence-corrected chi connectivity index (χ1v) is 8.74. The minimum Gasteiger partial charge on any atom is -0.339 e. The van der Waals surface area contributed by atoms with Gasteiger partial charge in [0.1, 0.15) is 0 Å². The van der Waals surface area contributed by atoms with Crippen molar-refractivity contribution >= 4 is 5.91 Å². The van der Waals surface area contributed by atoms with Gasteiger partial charge in [0, 0.05) is 23.9 Å². The molecule has 2 fully saturated rings. The average Bonchev–Trinajstić information content (AvgIpc) is 3.12. The SMILES string of the molecule is CC1CC(CN)CN1C(=O)C1CC12CCCc1ccccc12. The number of nitrogens with two attached hydrogens (primary N) is 1. The quantitative estimate of drug-likeness (QED) is 0.912. The number of hydrogen-bond acceptors (Lipinski definition) is 2. The predicted molar refractivity (Wildman–Crippen MR) is 87.5 cm³/mol. The second kappa shape index (κ2) is 5.09. The molecule has 1 aromatic carbocycles. The molecule has 4 rings (SSSR count). The van der Waals surface area contributed by atoms with Crippen molar-refractivity contribution in [3.05, 3.63) is 35.4 Å². The van der Waals surface area contributed by atoms with E-state index in [1.54, 1.807) is 0 Å². The number of amides is 1. The van der Waals surface area contributed by atoms with Gasteiger partial charge in [0.25, 0.3) is 0 Å². The normalized spacial score (nSPS) is 36.5. The summed E-state index contributed by atoms with van der Waals surface area (Å²) in [4.78, 5) is 15.2. The fraction of sp³-hybridized carbons (Fsp3) is 0.632. The van der Waals surface area contributed by atoms with E-state index in [9.17, 15) is 4.79 Å². The van der Waals surface area contributed by atoms with Crippen LogP contribution in [-0.2, 0) is 16.6 Å². The van der Waals surface area contributed by atoms with Crippen molar-refractivity contribution in [2.45, 2.75) is 50.5 Å². The largest absolute Gasteiger partial charge is 0.339 e. The molecule has 22 heavy (non-hydrogen) atoms. The molecule has 3 nitrogen and oxygen atoms in total. The molecule has 3 aliphatic rings. The number of carbonyl (C=O) groups is 1. The zero-order chi connectivity index (χ0) is 15.3. The van der Waals surface area contributed by atoms with Crippen molar-refractivity contribution in [1.29, 1.82) is 0 Å². The number of likely N-dealkylation sites (tertiary alicyclic amines) is 1. The summed E-state index contributed by atoms with van der Waals surface area (Å²) in [6, 6.07) is 9.13. The first kappa shape index (κ1) is 14.3. The first-order chi connectivity index (χ1) is 10.7. The van der Waals surface area contributed by atoms with Crippen LogP contribution in [0.2, 0.25) is 0 Å². The molecule has 2 N–H and O–H groups in total. The summed E-state index contributed by atoms with van der Waals surface area (Å²) < 4.78 is 0. The number of fused-ring (bicyclic) bond motifs is 2. The molecule has 2 aliphatic carbocycles. The molecule has 118 valence electrons. The molecule has 1 saturated heterocycles. The molecule has 0 radical (unpaired) electrons. The number of rotatable bonds is 2. The second-order valence-electron chi connectivity index (χ2n) is 7.60. The van der Waals surface area contributed by atoms with E-state index in [0.717, 1.165) is 19.4 Å². The molecule has 1 spiro atoms. The Morgan fingerprint density at radius 2 is 2.23 bits per heavy atom. The van der Waals surface area contributed by atoms with E-state index in [-0.39, 0.29) is 11.3 Å². The molecule has 4 atom stereocenters. The molecular formula is C19H26N2O. The average molecular weight is 298 g/mol. The van der Waals surface area contributed by atoms with Crippen LogP contribution in [0.3, 0.4) is 0 Å². The van der Waals surface area contributed by atoms with Crippen molar-refractivity contribution in [2.24, 2.45) is 17.6 Å². The van der Waals surface area contributed by atoms with Gasteiger partial charge in [0.15, 0.2) is 0 Å². The van der Waals surface area contributed by atoms with Crippen molar-refractivity contribution in [1.82, 2.24) is 4.90 Å². The summed E-state index contributed by atoms with van der Waals surface area (Å²) in [6.07, 6.45) is 5.71. The third kappa shape index (κ3) is 2.02. The number of hydrogen-bond donors (Lipinski definition) is 1. The van der Waals surface area contributed by atoms with Gasteiger partial charge in [-0.3, -0.25) is 4.79 Å². The standard InChI is InChI=1S/C19H26N2O/c1-13-9-14(11-20)12-21(13)18(22)17-10-19(17)8-4-6-15-5-2-3-7-16(15)19/h2-3,5,7,13-14,17H,4,6,8-12,20H2,1H3. The smallest absolute Gasteiger partial charge is 0.226 e. The van der Waals surface area contributed by atoms with E-state index in [0.29, 0.717) is 24.4 Å². The summed E-state index contributed by atoms with van der Waals surface area (Å²) in [5, 5.41) is 0. The lowest BCUT2D eigenvalue weighted by Crippen LogP contribution is -2.37. The molecule has 1 saturated carbocycles. The Kier molecular flexibility index (Phi) is 3.30. The maximum absolute atomic E-state index is 13.0. The van der Waals surface area contributed by atoms with Crippen molar-refractivity contribution in [3.63, 3.8) is 0 Å². The van der Waals surface area contributed by atoms with E-state index < -0.39 is 0 Å². The van der Waals surface area contributed by atoms with Gasteiger partial charge >= 0.3 is 0 Å². The Morgan fingerprint density at radius 1 is 1.41 bits per heavy atom. The monoisotopic (exact) mass is 298 g/mol. The summed E-state index contributed by atoms with van der Waals surface area (Å²) in [5.41, 5.74) is 8.90. The predicted octanol–water partition coefficient (Wildman–Crippen LogP) is 2.48. The van der Waals surface area contributed by atoms with Crippen LogP contribution in [0, 0.1) is 11.8 Å². The number of benzene rings is 1. The molecular weight excluding hydrogens is 272 g/mol. The molecule has 1 amide bonds. The molecule has 1 aromatic rings. The molecule has 1 heterocycles. The van der Waals surface area contributed by atoms with Gasteiger partial charge < -0.3 is 10.6 Å². The summed E-state index contributed by atoms with van der Waals surface area (Å²) in [7, 11) is 0. The maximum atomic E-state index is 13.0. The van der Waals surface area contributed by atoms with Gasteiger partial charge in [-0.15, -0.1) is 0 Å². The van der Waals surface area contributed by atoms with Crippen LogP contribution in [-0.4, -0.2) is 29.9 Å². The highest BCUT2D eigenvalue weighted by Gasteiger charge is 2.61. The van der Waals surface area contributed by atoms with Gasteiger partial charge in [-0.1, -0.05) is 24.3 Å². The van der Waals surface area contributed by atoms with Crippen LogP contribution in [0.4, 0.5) is 0 Å². The Labute approximate surface area is 132 Å². The molecule has 0 bridgehead atoms. The van der Waals surface area contributed by atoms with E-state index in [4.69, 9.17) is 5.73 Å². The lowest BCUT2D eigenvalue weighted by Gasteiger charge is -2.28. The summed E-state index contributed by atoms with van der Waals surface area (Å²) >= 11 is 0. The molecule has 4 unspecified atom stereocenters. The van der Waals surface area contributed by atoms with Crippen molar-refractivity contribution in [2.75, 3.05) is 13.1 Å². The van der Waals surface area contributed by atoms with Gasteiger partial charge in [-0.2, -0.15) is 0 Å². The van der Waals surface area contributed by atoms with Crippen LogP contribution < -0.4 is 5.73 Å². The van der Waals surface area contributed by atoms with Crippen LogP contribution in [0.5, 0.6) is 0 Å². The zero-order valence-corrected chi connectivity index (χ0v) is 13.4. The minimum absolute atomic E-state index is 0.159. The zero-order valence-electron chi connectivity index (χ0n) is 13.4. The second-order valence-corrected chi connectivity index (χ2v) is 7.60. The number of aryl methyl sites for hydroxylation is 1. The maximum Gasteiger partial charge on any atom is 0.226 e. The topological polar surface area (TPSA) is 46.3 Å². The fourth-order valence-corrected chi connectivity index (χ4v) is 4.98. The summed E-state index contributed by atoms with van der Waals surface area (Å²) in [5.74, 6) is 1.10. The molecule has 0 aromatic heterocycles. The summed E-state index contributed by atoms with van der Waals surface area (Å²) in [6.45, 7) is 3.74. The highest BCUT2D eigenvalue weighted by molar-refractivity contribution is 5.85. The third-order valence-corrected chi connectivity index (χ3v) is 6.27. The van der Waals surface area contributed by atoms with E-state index in [1.807, 2.05) is 0 Å². The van der Waals surface area contributed by atoms with Crippen LogP contribution in [0.15, 0.2) is 24.3 Å². The van der Waals surface area contributed by atoms with Crippen LogP contribution in [0.25, 0.3) is 0 Å². The Bertz CT molecular complexity index is 599. The first-order valence-electron chi connectivity index (χ1n) is 8.74. The fourth-order valence-electron chi connectivity index (χ4n) is 4.98.